The van der Waals surface area contributed by atoms with Crippen LogP contribution in [-0.4, -0.2) is 31.2 Å². The Morgan fingerprint density at radius 2 is 1.96 bits per heavy atom. The van der Waals surface area contributed by atoms with E-state index in [1.807, 2.05) is 44.5 Å². The zero-order valence-electron chi connectivity index (χ0n) is 16.1. The fourth-order valence-corrected chi connectivity index (χ4v) is 3.20. The van der Waals surface area contributed by atoms with E-state index in [1.54, 1.807) is 18.4 Å². The summed E-state index contributed by atoms with van der Waals surface area (Å²) in [5, 5.41) is 6.75. The number of nitrogens with zero attached hydrogens (tertiary/aromatic N) is 2. The third-order valence-corrected chi connectivity index (χ3v) is 4.84. The van der Waals surface area contributed by atoms with Crippen molar-refractivity contribution < 1.29 is 9.47 Å². The monoisotopic (exact) mass is 376 g/mol. The maximum atomic E-state index is 5.72. The third kappa shape index (κ3) is 5.36. The Kier molecular flexibility index (Phi) is 7.72. The van der Waals surface area contributed by atoms with Crippen molar-refractivity contribution >= 4 is 17.3 Å². The van der Waals surface area contributed by atoms with E-state index in [0.29, 0.717) is 19.8 Å². The van der Waals surface area contributed by atoms with E-state index >= 15 is 0 Å². The predicted molar refractivity (Wildman–Crippen MR) is 107 cm³/mol. The maximum Gasteiger partial charge on any atom is 0.191 e. The molecule has 7 heteroatoms. The number of thiazole rings is 1. The Morgan fingerprint density at radius 3 is 2.58 bits per heavy atom. The highest BCUT2D eigenvalue weighted by molar-refractivity contribution is 7.09. The van der Waals surface area contributed by atoms with Crippen molar-refractivity contribution in [2.75, 3.05) is 20.3 Å². The molecule has 0 radical (unpaired) electrons. The molecule has 0 aliphatic carbocycles. The summed E-state index contributed by atoms with van der Waals surface area (Å²) in [7, 11) is 1.77. The van der Waals surface area contributed by atoms with Gasteiger partial charge in [0.15, 0.2) is 17.5 Å². The Hall–Kier alpha value is -2.28. The van der Waals surface area contributed by atoms with Gasteiger partial charge in [-0.15, -0.1) is 11.3 Å². The van der Waals surface area contributed by atoms with Gasteiger partial charge in [0.2, 0.25) is 0 Å². The molecule has 0 fully saturated rings. The molecule has 2 aromatic rings. The molecule has 0 saturated heterocycles. The molecule has 6 nitrogen and oxygen atoms in total. The van der Waals surface area contributed by atoms with E-state index in [2.05, 4.69) is 27.5 Å². The standard InChI is InChI=1S/C19H28N4O2S/c1-6-24-16-9-8-15(10-17(16)25-7-2)13(3)23-19(20-5)21-11-18-14(4)22-12-26-18/h8-10,12-13H,6-7,11H2,1-5H3,(H2,20,21,23). The van der Waals surface area contributed by atoms with Crippen molar-refractivity contribution in [3.63, 3.8) is 0 Å². The van der Waals surface area contributed by atoms with Crippen LogP contribution in [0.2, 0.25) is 0 Å². The lowest BCUT2D eigenvalue weighted by Crippen LogP contribution is -2.38. The molecular formula is C19H28N4O2S. The van der Waals surface area contributed by atoms with Crippen molar-refractivity contribution in [1.82, 2.24) is 15.6 Å². The zero-order chi connectivity index (χ0) is 18.9. The summed E-state index contributed by atoms with van der Waals surface area (Å²) in [5.41, 5.74) is 4.02. The van der Waals surface area contributed by atoms with E-state index in [-0.39, 0.29) is 6.04 Å². The molecule has 1 aromatic heterocycles. The van der Waals surface area contributed by atoms with Crippen LogP contribution in [0.5, 0.6) is 11.5 Å². The SMILES string of the molecule is CCOc1ccc(C(C)NC(=NC)NCc2scnc2C)cc1OCC. The molecule has 0 bridgehead atoms. The van der Waals surface area contributed by atoms with Gasteiger partial charge in [-0.2, -0.15) is 0 Å². The van der Waals surface area contributed by atoms with Gasteiger partial charge in [-0.25, -0.2) is 4.98 Å². The van der Waals surface area contributed by atoms with Crippen LogP contribution < -0.4 is 20.1 Å². The molecule has 0 aliphatic rings. The number of hydrogen-bond donors (Lipinski definition) is 2. The highest BCUT2D eigenvalue weighted by Gasteiger charge is 2.13. The lowest BCUT2D eigenvalue weighted by Gasteiger charge is -2.20. The third-order valence-electron chi connectivity index (χ3n) is 3.91. The first kappa shape index (κ1) is 20.0. The van der Waals surface area contributed by atoms with Gasteiger partial charge in [0.1, 0.15) is 0 Å². The minimum Gasteiger partial charge on any atom is -0.490 e. The van der Waals surface area contributed by atoms with Gasteiger partial charge in [0.25, 0.3) is 0 Å². The largest absolute Gasteiger partial charge is 0.490 e. The number of aliphatic imine (C=N–C) groups is 1. The Balaban J connectivity index is 2.03. The summed E-state index contributed by atoms with van der Waals surface area (Å²) in [6.45, 7) is 9.96. The number of aromatic nitrogens is 1. The molecule has 142 valence electrons. The van der Waals surface area contributed by atoms with Crippen LogP contribution in [0, 0.1) is 6.92 Å². The van der Waals surface area contributed by atoms with Gasteiger partial charge in [-0.1, -0.05) is 6.07 Å². The lowest BCUT2D eigenvalue weighted by molar-refractivity contribution is 0.287. The smallest absolute Gasteiger partial charge is 0.191 e. The second-order valence-electron chi connectivity index (χ2n) is 5.72. The van der Waals surface area contributed by atoms with Gasteiger partial charge in [0, 0.05) is 11.9 Å². The molecule has 1 atom stereocenters. The normalized spacial score (nSPS) is 12.6. The van der Waals surface area contributed by atoms with Gasteiger partial charge >= 0.3 is 0 Å². The van der Waals surface area contributed by atoms with Crippen LogP contribution in [0.1, 0.15) is 42.9 Å². The fourth-order valence-electron chi connectivity index (χ4n) is 2.48. The number of rotatable bonds is 8. The van der Waals surface area contributed by atoms with Crippen LogP contribution in [0.4, 0.5) is 0 Å². The molecule has 1 aromatic carbocycles. The summed E-state index contributed by atoms with van der Waals surface area (Å²) < 4.78 is 11.3. The Labute approximate surface area is 159 Å². The van der Waals surface area contributed by atoms with Crippen LogP contribution in [-0.2, 0) is 6.54 Å². The molecule has 1 unspecified atom stereocenters. The molecular weight excluding hydrogens is 348 g/mol. The first-order valence-corrected chi connectivity index (χ1v) is 9.72. The van der Waals surface area contributed by atoms with E-state index in [4.69, 9.17) is 9.47 Å². The fraction of sp³-hybridized carbons (Fsp3) is 0.474. The first-order valence-electron chi connectivity index (χ1n) is 8.84. The summed E-state index contributed by atoms with van der Waals surface area (Å²) in [6.07, 6.45) is 0. The van der Waals surface area contributed by atoms with Crippen molar-refractivity contribution in [3.8, 4) is 11.5 Å². The van der Waals surface area contributed by atoms with E-state index < -0.39 is 0 Å². The average molecular weight is 377 g/mol. The minimum atomic E-state index is 0.0682. The van der Waals surface area contributed by atoms with Gasteiger partial charge in [-0.3, -0.25) is 4.99 Å². The minimum absolute atomic E-state index is 0.0682. The highest BCUT2D eigenvalue weighted by Crippen LogP contribution is 2.30. The molecule has 2 rings (SSSR count). The summed E-state index contributed by atoms with van der Waals surface area (Å²) in [4.78, 5) is 9.79. The second kappa shape index (κ2) is 10.0. The average Bonchev–Trinajstić information content (AvgIpc) is 3.05. The van der Waals surface area contributed by atoms with E-state index in [1.165, 1.54) is 4.88 Å². The van der Waals surface area contributed by atoms with Gasteiger partial charge in [0.05, 0.1) is 37.0 Å². The number of nitrogens with one attached hydrogen (secondary N) is 2. The van der Waals surface area contributed by atoms with Crippen LogP contribution in [0.25, 0.3) is 0 Å². The first-order chi connectivity index (χ1) is 12.6. The number of ether oxygens (including phenoxy) is 2. The topological polar surface area (TPSA) is 67.8 Å². The van der Waals surface area contributed by atoms with Crippen LogP contribution in [0.3, 0.4) is 0 Å². The lowest BCUT2D eigenvalue weighted by atomic mass is 10.1. The maximum absolute atomic E-state index is 5.72. The highest BCUT2D eigenvalue weighted by atomic mass is 32.1. The van der Waals surface area contributed by atoms with Gasteiger partial charge < -0.3 is 20.1 Å². The van der Waals surface area contributed by atoms with Gasteiger partial charge in [-0.05, 0) is 45.4 Å². The van der Waals surface area contributed by atoms with Crippen molar-refractivity contribution in [2.45, 2.75) is 40.3 Å². The second-order valence-corrected chi connectivity index (χ2v) is 6.66. The molecule has 1 heterocycles. The molecule has 0 spiro atoms. The number of benzene rings is 1. The van der Waals surface area contributed by atoms with Crippen molar-refractivity contribution in [2.24, 2.45) is 4.99 Å². The quantitative estimate of drug-likeness (QED) is 0.543. The van der Waals surface area contributed by atoms with E-state index in [0.717, 1.165) is 28.7 Å². The molecule has 26 heavy (non-hydrogen) atoms. The van der Waals surface area contributed by atoms with Crippen molar-refractivity contribution in [1.29, 1.82) is 0 Å². The number of hydrogen-bond acceptors (Lipinski definition) is 5. The molecule has 2 N–H and O–H groups in total. The molecule has 0 amide bonds. The molecule has 0 aliphatic heterocycles. The number of guanidine groups is 1. The summed E-state index contributed by atoms with van der Waals surface area (Å²) in [6, 6.07) is 6.09. The summed E-state index contributed by atoms with van der Waals surface area (Å²) >= 11 is 1.64. The van der Waals surface area contributed by atoms with E-state index in [9.17, 15) is 0 Å². The Bertz CT molecular complexity index is 730. The Morgan fingerprint density at radius 1 is 1.23 bits per heavy atom. The van der Waals surface area contributed by atoms with Crippen LogP contribution >= 0.6 is 11.3 Å². The summed E-state index contributed by atoms with van der Waals surface area (Å²) in [5.74, 6) is 2.29. The predicted octanol–water partition coefficient (Wildman–Crippen LogP) is 3.68. The zero-order valence-corrected chi connectivity index (χ0v) is 16.9. The molecule has 0 saturated carbocycles. The van der Waals surface area contributed by atoms with Crippen LogP contribution in [0.15, 0.2) is 28.7 Å². The van der Waals surface area contributed by atoms with Crippen molar-refractivity contribution in [3.05, 3.63) is 39.8 Å². The number of aryl methyl sites for hydroxylation is 1.